The second-order valence-electron chi connectivity index (χ2n) is 5.34. The third kappa shape index (κ3) is 4.10. The van der Waals surface area contributed by atoms with E-state index < -0.39 is 13.0 Å². The van der Waals surface area contributed by atoms with Crippen LogP contribution in [0.5, 0.6) is 5.75 Å². The van der Waals surface area contributed by atoms with Crippen LogP contribution in [0.3, 0.4) is 0 Å². The predicted molar refractivity (Wildman–Crippen MR) is 77.1 cm³/mol. The lowest BCUT2D eigenvalue weighted by molar-refractivity contribution is -0.0907. The fourth-order valence-corrected chi connectivity index (χ4v) is 2.70. The van der Waals surface area contributed by atoms with Crippen LogP contribution < -0.4 is 15.6 Å². The smallest absolute Gasteiger partial charge is 0.421 e. The molecule has 2 N–H and O–H groups in total. The van der Waals surface area contributed by atoms with Crippen LogP contribution in [0, 0.1) is 5.92 Å². The molecule has 2 aliphatic heterocycles. The number of rotatable bonds is 6. The summed E-state index contributed by atoms with van der Waals surface area (Å²) in [5, 5.41) is 0. The van der Waals surface area contributed by atoms with Crippen LogP contribution in [0.4, 0.5) is 9.18 Å². The summed E-state index contributed by atoms with van der Waals surface area (Å²) < 4.78 is 32.8. The van der Waals surface area contributed by atoms with Crippen molar-refractivity contribution in [3.63, 3.8) is 0 Å². The lowest BCUT2D eigenvalue weighted by Crippen LogP contribution is -2.40. The Labute approximate surface area is 133 Å². The molecule has 1 aromatic rings. The van der Waals surface area contributed by atoms with Crippen LogP contribution in [0.15, 0.2) is 24.3 Å². The molecule has 0 radical (unpaired) electrons. The average molecular weight is 326 g/mol. The van der Waals surface area contributed by atoms with E-state index in [0.29, 0.717) is 25.5 Å². The van der Waals surface area contributed by atoms with Crippen molar-refractivity contribution in [3.05, 3.63) is 29.8 Å². The number of carbonyl (C=O) groups is 1. The first-order valence-electron chi connectivity index (χ1n) is 7.46. The van der Waals surface area contributed by atoms with Crippen LogP contribution in [0.1, 0.15) is 12.0 Å². The summed E-state index contributed by atoms with van der Waals surface area (Å²) in [4.78, 5) is 11.8. The van der Waals surface area contributed by atoms with Gasteiger partial charge in [-0.25, -0.2) is 14.6 Å². The zero-order chi connectivity index (χ0) is 16.1. The monoisotopic (exact) mass is 326 g/mol. The molecular weight excluding hydrogens is 307 g/mol. The maximum absolute atomic E-state index is 12.0. The van der Waals surface area contributed by atoms with Crippen LogP contribution >= 0.6 is 0 Å². The lowest BCUT2D eigenvalue weighted by atomic mass is 10.0. The maximum Gasteiger partial charge on any atom is 0.421 e. The third-order valence-corrected chi connectivity index (χ3v) is 3.87. The summed E-state index contributed by atoms with van der Waals surface area (Å²) in [5.41, 5.74) is 6.16. The molecular formula is C15H19FN2O5. The normalized spacial score (nSPS) is 25.9. The Morgan fingerprint density at radius 2 is 2.13 bits per heavy atom. The van der Waals surface area contributed by atoms with E-state index in [1.807, 2.05) is 0 Å². The van der Waals surface area contributed by atoms with Crippen LogP contribution in [0.2, 0.25) is 0 Å². The number of benzene rings is 1. The van der Waals surface area contributed by atoms with Gasteiger partial charge in [0, 0.05) is 6.54 Å². The van der Waals surface area contributed by atoms with Crippen LogP contribution in [-0.4, -0.2) is 38.6 Å². The van der Waals surface area contributed by atoms with Crippen molar-refractivity contribution < 1.29 is 28.1 Å². The molecule has 23 heavy (non-hydrogen) atoms. The number of carbonyl (C=O) groups excluding carboxylic acids is 1. The van der Waals surface area contributed by atoms with Gasteiger partial charge in [0.1, 0.15) is 11.9 Å². The minimum Gasteiger partial charge on any atom is -0.463 e. The van der Waals surface area contributed by atoms with Gasteiger partial charge in [-0.3, -0.25) is 5.43 Å². The van der Waals surface area contributed by atoms with E-state index in [9.17, 15) is 9.18 Å². The van der Waals surface area contributed by atoms with E-state index in [0.717, 1.165) is 12.0 Å². The third-order valence-electron chi connectivity index (χ3n) is 3.87. The van der Waals surface area contributed by atoms with Crippen molar-refractivity contribution in [2.45, 2.75) is 25.4 Å². The molecule has 3 rings (SSSR count). The van der Waals surface area contributed by atoms with E-state index in [1.54, 1.807) is 24.3 Å². The van der Waals surface area contributed by atoms with E-state index in [4.69, 9.17) is 18.9 Å². The quantitative estimate of drug-likeness (QED) is 0.771. The van der Waals surface area contributed by atoms with Gasteiger partial charge in [0.25, 0.3) is 0 Å². The van der Waals surface area contributed by atoms with Gasteiger partial charge in [-0.2, -0.15) is 0 Å². The maximum atomic E-state index is 12.0. The minimum absolute atomic E-state index is 0.115. The summed E-state index contributed by atoms with van der Waals surface area (Å²) in [6, 6.07) is 6.86. The summed E-state index contributed by atoms with van der Waals surface area (Å²) in [5.74, 6) is 0.571. The Morgan fingerprint density at radius 3 is 2.91 bits per heavy atom. The number of hydrogen-bond acceptors (Lipinski definition) is 6. The van der Waals surface area contributed by atoms with Gasteiger partial charge < -0.3 is 18.9 Å². The van der Waals surface area contributed by atoms with Gasteiger partial charge in [0.15, 0.2) is 6.29 Å². The fraction of sp³-hybridized carbons (Fsp3) is 0.533. The molecule has 2 saturated heterocycles. The number of hydrazine groups is 1. The first kappa shape index (κ1) is 16.0. The van der Waals surface area contributed by atoms with E-state index in [1.165, 1.54) is 0 Å². The van der Waals surface area contributed by atoms with E-state index >= 15 is 0 Å². The molecule has 2 heterocycles. The summed E-state index contributed by atoms with van der Waals surface area (Å²) in [6.45, 7) is 0.542. The molecule has 0 bridgehead atoms. The standard InChI is InChI=1S/C15H19FN2O5/c16-9-22-11-3-1-10(2-4-11)7-17-18-15(19)23-13-8-21-14-12(13)5-6-20-14/h1-4,12-14,17H,5-9H2,(H,18,19)/t12-,13-,14+/m0/s1. The van der Waals surface area contributed by atoms with E-state index in [-0.39, 0.29) is 18.3 Å². The number of ether oxygens (including phenoxy) is 4. The molecule has 0 aliphatic carbocycles. The number of amides is 1. The Morgan fingerprint density at radius 1 is 1.30 bits per heavy atom. The predicted octanol–water partition coefficient (Wildman–Crippen LogP) is 1.48. The number of halogens is 1. The fourth-order valence-electron chi connectivity index (χ4n) is 2.70. The SMILES string of the molecule is O=C(NNCc1ccc(OCF)cc1)O[C@H]1CO[C@H]2OCC[C@H]21. The number of nitrogens with one attached hydrogen (secondary N) is 2. The number of fused-ring (bicyclic) bond motifs is 1. The molecule has 0 aromatic heterocycles. The summed E-state index contributed by atoms with van der Waals surface area (Å²) in [6.07, 6.45) is -0.237. The van der Waals surface area contributed by atoms with Crippen molar-refractivity contribution in [1.82, 2.24) is 10.9 Å². The van der Waals surface area contributed by atoms with Gasteiger partial charge in [0.2, 0.25) is 6.86 Å². The average Bonchev–Trinajstić information content (AvgIpc) is 3.15. The molecule has 1 aromatic carbocycles. The number of alkyl halides is 1. The van der Waals surface area contributed by atoms with Crippen LogP contribution in [0.25, 0.3) is 0 Å². The van der Waals surface area contributed by atoms with Gasteiger partial charge in [0.05, 0.1) is 19.1 Å². The van der Waals surface area contributed by atoms with E-state index in [2.05, 4.69) is 10.9 Å². The van der Waals surface area contributed by atoms with Gasteiger partial charge in [-0.1, -0.05) is 12.1 Å². The van der Waals surface area contributed by atoms with Gasteiger partial charge in [-0.05, 0) is 24.1 Å². The molecule has 0 unspecified atom stereocenters. The van der Waals surface area contributed by atoms with Crippen molar-refractivity contribution in [2.24, 2.45) is 5.92 Å². The van der Waals surface area contributed by atoms with Crippen molar-refractivity contribution in [1.29, 1.82) is 0 Å². The zero-order valence-electron chi connectivity index (χ0n) is 12.5. The molecule has 3 atom stereocenters. The Bertz CT molecular complexity index is 527. The van der Waals surface area contributed by atoms with Gasteiger partial charge in [-0.15, -0.1) is 0 Å². The molecule has 8 heteroatoms. The topological polar surface area (TPSA) is 78.1 Å². The molecule has 7 nitrogen and oxygen atoms in total. The molecule has 0 saturated carbocycles. The number of hydrogen-bond donors (Lipinski definition) is 2. The highest BCUT2D eigenvalue weighted by Crippen LogP contribution is 2.32. The van der Waals surface area contributed by atoms with Crippen molar-refractivity contribution in [2.75, 3.05) is 20.1 Å². The minimum atomic E-state index is -0.858. The summed E-state index contributed by atoms with van der Waals surface area (Å²) in [7, 11) is 0. The largest absolute Gasteiger partial charge is 0.463 e. The second kappa shape index (κ2) is 7.58. The second-order valence-corrected chi connectivity index (χ2v) is 5.34. The molecule has 126 valence electrons. The molecule has 1 amide bonds. The zero-order valence-corrected chi connectivity index (χ0v) is 12.5. The van der Waals surface area contributed by atoms with Gasteiger partial charge >= 0.3 is 6.09 Å². The molecule has 2 aliphatic rings. The van der Waals surface area contributed by atoms with Crippen LogP contribution in [-0.2, 0) is 20.8 Å². The molecule has 0 spiro atoms. The first-order chi connectivity index (χ1) is 11.3. The van der Waals surface area contributed by atoms with Crippen molar-refractivity contribution in [3.8, 4) is 5.75 Å². The highest BCUT2D eigenvalue weighted by atomic mass is 19.1. The first-order valence-corrected chi connectivity index (χ1v) is 7.46. The summed E-state index contributed by atoms with van der Waals surface area (Å²) >= 11 is 0. The Balaban J connectivity index is 1.37. The molecule has 2 fully saturated rings. The highest BCUT2D eigenvalue weighted by Gasteiger charge is 2.43. The Hall–Kier alpha value is -1.90. The Kier molecular flexibility index (Phi) is 5.27. The van der Waals surface area contributed by atoms with Crippen molar-refractivity contribution >= 4 is 6.09 Å². The lowest BCUT2D eigenvalue weighted by Gasteiger charge is -2.16. The highest BCUT2D eigenvalue weighted by molar-refractivity contribution is 5.66.